The first-order chi connectivity index (χ1) is 35.0. The van der Waals surface area contributed by atoms with Crippen molar-refractivity contribution in [1.82, 2.24) is 0 Å². The lowest BCUT2D eigenvalue weighted by atomic mass is 9.47. The maximum atomic E-state index is 12.1. The van der Waals surface area contributed by atoms with Gasteiger partial charge in [-0.05, 0) is 98.7 Å². The van der Waals surface area contributed by atoms with E-state index in [4.69, 9.17) is 42.6 Å². The number of hydrogen-bond acceptors (Lipinski definition) is 23. The Morgan fingerprint density at radius 2 is 1.22 bits per heavy atom. The summed E-state index contributed by atoms with van der Waals surface area (Å²) in [6.45, 7) is 8.32. The van der Waals surface area contributed by atoms with E-state index in [2.05, 4.69) is 26.8 Å². The second kappa shape index (κ2) is 22.4. The van der Waals surface area contributed by atoms with Crippen LogP contribution in [0.25, 0.3) is 0 Å². The third-order valence-electron chi connectivity index (χ3n) is 19.5. The third kappa shape index (κ3) is 10.2. The fourth-order valence-electron chi connectivity index (χ4n) is 15.0. The molecule has 0 amide bonds. The molecule has 0 unspecified atom stereocenters. The van der Waals surface area contributed by atoms with E-state index >= 15 is 0 Å². The minimum absolute atomic E-state index is 0.0482. The summed E-state index contributed by atoms with van der Waals surface area (Å²) in [5.41, 5.74) is 1.11. The molecule has 0 aromatic carbocycles. The van der Waals surface area contributed by atoms with Crippen molar-refractivity contribution in [1.29, 1.82) is 0 Å². The fourth-order valence-corrected chi connectivity index (χ4v) is 15.0. The molecule has 0 radical (unpaired) electrons. The topological polar surface area (TPSA) is 366 Å². The summed E-state index contributed by atoms with van der Waals surface area (Å²) >= 11 is 0. The SMILES string of the molecule is C[C@H](CC[C@@]1(O)O[C@H]2C[C@H]3[C@@H]4CC=C5C[C@@H](O[C@@H]6O[C@H](CO)[C@@H](O[C@@H]7O[C@H](CO)[C@@H](O)[C@H](O)[C@H]7O[C@@H]7O[C@@H](C)[C@H](O)[C@@H](O)[C@H]7O)[C@H](O)[C@H]6O)CC[C@]5(C)[C@H]4CC[C@]3(C)[C@H]2[C@@H]1C)CO[C@@H]1O[C@H](CO)[C@@H](O)[C@H](O)[C@H]1O. The monoisotopic (exact) mass is 1060 g/mol. The average molecular weight is 1070 g/mol. The van der Waals surface area contributed by atoms with E-state index in [-0.39, 0.29) is 41.3 Å². The fraction of sp³-hybridized carbons (Fsp3) is 0.961. The zero-order valence-electron chi connectivity index (χ0n) is 42.9. The molecule has 0 aromatic rings. The Morgan fingerprint density at radius 3 is 1.91 bits per heavy atom. The molecule has 0 bridgehead atoms. The Labute approximate surface area is 430 Å². The van der Waals surface area contributed by atoms with Crippen molar-refractivity contribution in [3.05, 3.63) is 11.6 Å². The largest absolute Gasteiger partial charge is 0.394 e. The normalized spacial score (nSPS) is 54.9. The number of fused-ring (bicyclic) bond motifs is 7. The summed E-state index contributed by atoms with van der Waals surface area (Å²) in [6.07, 6.45) is -22.0. The Bertz CT molecular complexity index is 1920. The van der Waals surface area contributed by atoms with Crippen molar-refractivity contribution in [3.63, 3.8) is 0 Å². The van der Waals surface area contributed by atoms with Crippen LogP contribution in [0.3, 0.4) is 0 Å². The van der Waals surface area contributed by atoms with Gasteiger partial charge < -0.3 is 114 Å². The van der Waals surface area contributed by atoms with Crippen molar-refractivity contribution in [3.8, 4) is 0 Å². The van der Waals surface area contributed by atoms with Crippen LogP contribution < -0.4 is 0 Å². The highest BCUT2D eigenvalue weighted by Crippen LogP contribution is 2.70. The number of allylic oxidation sites excluding steroid dienone is 1. The van der Waals surface area contributed by atoms with Gasteiger partial charge in [-0.1, -0.05) is 39.3 Å². The summed E-state index contributed by atoms with van der Waals surface area (Å²) in [4.78, 5) is 0. The third-order valence-corrected chi connectivity index (χ3v) is 19.5. The standard InChI is InChI=1S/C51H84O23/c1-20(19-66-45-40(62)37(59)34(56)29(16-52)69-45)8-13-51(65)21(2)32-28(74-51)15-27-25-7-6-23-14-24(9-11-49(23,4)26(25)10-12-50(27,32)5)68-47-42(64)39(61)43(31(18-54)71-47)72-48-44(38(60)35(57)30(17-53)70-48)73-46-41(63)36(58)33(55)22(3)67-46/h6,20-22,24-48,52-65H,7-19H2,1-5H3/t20-,21+,22+,24+,25-,26+,27+,28+,29-,30-,31-,32+,33+,34-,35-,36-,37+,38+,39-,40-,41-,42-,43-,44-,45-,46+,47-,48+,49+,50+,51-/m1/s1. The molecule has 3 saturated carbocycles. The molecule has 426 valence electrons. The van der Waals surface area contributed by atoms with Gasteiger partial charge in [0.05, 0.1) is 44.7 Å². The number of rotatable bonds is 15. The van der Waals surface area contributed by atoms with Crippen molar-refractivity contribution in [2.75, 3.05) is 26.4 Å². The van der Waals surface area contributed by atoms with Crippen LogP contribution in [0.15, 0.2) is 11.6 Å². The highest BCUT2D eigenvalue weighted by Gasteiger charge is 2.68. The minimum atomic E-state index is -1.84. The first-order valence-corrected chi connectivity index (χ1v) is 26.9. The Kier molecular flexibility index (Phi) is 17.4. The maximum absolute atomic E-state index is 12.1. The molecule has 31 atom stereocenters. The molecule has 14 N–H and O–H groups in total. The molecule has 23 heteroatoms. The molecule has 0 spiro atoms. The quantitative estimate of drug-likeness (QED) is 0.0727. The van der Waals surface area contributed by atoms with E-state index in [1.165, 1.54) is 12.5 Å². The van der Waals surface area contributed by atoms with Gasteiger partial charge in [0, 0.05) is 12.3 Å². The van der Waals surface area contributed by atoms with Gasteiger partial charge in [0.1, 0.15) is 91.6 Å². The summed E-state index contributed by atoms with van der Waals surface area (Å²) in [5, 5.41) is 149. The second-order valence-electron chi connectivity index (χ2n) is 23.8. The lowest BCUT2D eigenvalue weighted by molar-refractivity contribution is -0.388. The highest BCUT2D eigenvalue weighted by atomic mass is 16.8. The lowest BCUT2D eigenvalue weighted by Gasteiger charge is -2.58. The van der Waals surface area contributed by atoms with Crippen LogP contribution >= 0.6 is 0 Å². The van der Waals surface area contributed by atoms with E-state index in [1.807, 2.05) is 6.92 Å². The summed E-state index contributed by atoms with van der Waals surface area (Å²) in [7, 11) is 0. The predicted octanol–water partition coefficient (Wildman–Crippen LogP) is -3.01. The first-order valence-electron chi connectivity index (χ1n) is 26.9. The van der Waals surface area contributed by atoms with Crippen molar-refractivity contribution >= 4 is 0 Å². The van der Waals surface area contributed by atoms with Gasteiger partial charge in [-0.25, -0.2) is 0 Å². The molecule has 5 saturated heterocycles. The van der Waals surface area contributed by atoms with Gasteiger partial charge in [-0.2, -0.15) is 0 Å². The summed E-state index contributed by atoms with van der Waals surface area (Å²) in [5.74, 6) is -0.167. The Hall–Kier alpha value is -1.18. The molecular weight excluding hydrogens is 981 g/mol. The van der Waals surface area contributed by atoms with Crippen LogP contribution in [0.4, 0.5) is 0 Å². The molecule has 9 aliphatic rings. The van der Waals surface area contributed by atoms with Crippen molar-refractivity contribution < 1.29 is 114 Å². The number of aliphatic hydroxyl groups excluding tert-OH is 13. The molecule has 9 rings (SSSR count). The Balaban J connectivity index is 0.797. The number of aliphatic hydroxyl groups is 14. The molecule has 74 heavy (non-hydrogen) atoms. The van der Waals surface area contributed by atoms with Crippen LogP contribution in [-0.2, 0) is 42.6 Å². The van der Waals surface area contributed by atoms with E-state index in [0.717, 1.165) is 32.1 Å². The summed E-state index contributed by atoms with van der Waals surface area (Å²) in [6, 6.07) is 0. The summed E-state index contributed by atoms with van der Waals surface area (Å²) < 4.78 is 53.6. The van der Waals surface area contributed by atoms with Crippen molar-refractivity contribution in [2.24, 2.45) is 46.3 Å². The van der Waals surface area contributed by atoms with E-state index in [9.17, 15) is 71.5 Å². The van der Waals surface area contributed by atoms with Crippen molar-refractivity contribution in [2.45, 2.75) is 233 Å². The molecule has 23 nitrogen and oxygen atoms in total. The zero-order valence-corrected chi connectivity index (χ0v) is 42.9. The number of hydrogen-bond donors (Lipinski definition) is 14. The molecule has 8 fully saturated rings. The minimum Gasteiger partial charge on any atom is -0.394 e. The highest BCUT2D eigenvalue weighted by molar-refractivity contribution is 5.26. The van der Waals surface area contributed by atoms with Gasteiger partial charge in [0.2, 0.25) is 0 Å². The van der Waals surface area contributed by atoms with Crippen LogP contribution in [0.2, 0.25) is 0 Å². The van der Waals surface area contributed by atoms with Gasteiger partial charge in [-0.3, -0.25) is 0 Å². The van der Waals surface area contributed by atoms with Gasteiger partial charge >= 0.3 is 0 Å². The smallest absolute Gasteiger partial charge is 0.187 e. The molecule has 5 heterocycles. The first kappa shape index (κ1) is 57.5. The Morgan fingerprint density at radius 1 is 0.635 bits per heavy atom. The molecule has 4 aliphatic carbocycles. The van der Waals surface area contributed by atoms with Gasteiger partial charge in [0.25, 0.3) is 0 Å². The van der Waals surface area contributed by atoms with E-state index in [0.29, 0.717) is 43.4 Å². The van der Waals surface area contributed by atoms with Gasteiger partial charge in [0.15, 0.2) is 30.9 Å². The molecule has 0 aromatic heterocycles. The maximum Gasteiger partial charge on any atom is 0.187 e. The van der Waals surface area contributed by atoms with Crippen LogP contribution in [-0.4, -0.2) is 239 Å². The van der Waals surface area contributed by atoms with Gasteiger partial charge in [-0.15, -0.1) is 0 Å². The van der Waals surface area contributed by atoms with Crippen LogP contribution in [0.5, 0.6) is 0 Å². The van der Waals surface area contributed by atoms with E-state index < -0.39 is 155 Å². The van der Waals surface area contributed by atoms with Crippen LogP contribution in [0, 0.1) is 46.3 Å². The predicted molar refractivity (Wildman–Crippen MR) is 250 cm³/mol. The van der Waals surface area contributed by atoms with E-state index in [1.54, 1.807) is 0 Å². The zero-order chi connectivity index (χ0) is 53.5. The van der Waals surface area contributed by atoms with Crippen LogP contribution in [0.1, 0.15) is 92.4 Å². The molecular formula is C51H84O23. The lowest BCUT2D eigenvalue weighted by Crippen LogP contribution is -2.66. The second-order valence-corrected chi connectivity index (χ2v) is 23.8. The number of ether oxygens (including phenoxy) is 9. The average Bonchev–Trinajstić information content (AvgIpc) is 3.83. The molecule has 5 aliphatic heterocycles.